The first-order chi connectivity index (χ1) is 9.66. The van der Waals surface area contributed by atoms with Gasteiger partial charge >= 0.3 is 0 Å². The lowest BCUT2D eigenvalue weighted by Gasteiger charge is -2.26. The third kappa shape index (κ3) is 2.48. The fourth-order valence-corrected chi connectivity index (χ4v) is 3.96. The smallest absolute Gasteiger partial charge is 0.250 e. The minimum Gasteiger partial charge on any atom is -0.353 e. The molecule has 4 nitrogen and oxygen atoms in total. The van der Waals surface area contributed by atoms with Crippen LogP contribution in [0.5, 0.6) is 0 Å². The molecule has 2 amide bonds. The molecule has 20 heavy (non-hydrogen) atoms. The van der Waals surface area contributed by atoms with Gasteiger partial charge in [0.2, 0.25) is 5.91 Å². The minimum absolute atomic E-state index is 0.0346. The fraction of sp³-hybridized carbons (Fsp3) is 0.750. The van der Waals surface area contributed by atoms with Crippen molar-refractivity contribution in [3.8, 4) is 0 Å². The zero-order valence-electron chi connectivity index (χ0n) is 12.3. The van der Waals surface area contributed by atoms with Gasteiger partial charge in [-0.15, -0.1) is 0 Å². The van der Waals surface area contributed by atoms with Gasteiger partial charge in [0, 0.05) is 18.7 Å². The van der Waals surface area contributed by atoms with Crippen LogP contribution in [0.25, 0.3) is 0 Å². The summed E-state index contributed by atoms with van der Waals surface area (Å²) in [5, 5.41) is 3.09. The second-order valence-corrected chi connectivity index (χ2v) is 6.41. The zero-order chi connectivity index (χ0) is 14.1. The predicted molar refractivity (Wildman–Crippen MR) is 77.1 cm³/mol. The molecule has 0 spiro atoms. The van der Waals surface area contributed by atoms with Crippen molar-refractivity contribution < 1.29 is 9.59 Å². The van der Waals surface area contributed by atoms with Crippen molar-refractivity contribution in [2.24, 2.45) is 0 Å². The lowest BCUT2D eigenvalue weighted by atomic mass is 9.88. The molecule has 2 fully saturated rings. The fourth-order valence-electron chi connectivity index (χ4n) is 3.96. The summed E-state index contributed by atoms with van der Waals surface area (Å²) in [6.45, 7) is 0. The highest BCUT2D eigenvalue weighted by molar-refractivity contribution is 6.02. The van der Waals surface area contributed by atoms with E-state index in [-0.39, 0.29) is 24.3 Å². The van der Waals surface area contributed by atoms with E-state index in [1.54, 1.807) is 0 Å². The zero-order valence-corrected chi connectivity index (χ0v) is 12.3. The third-order valence-electron chi connectivity index (χ3n) is 5.07. The Balaban J connectivity index is 1.68. The first-order valence-electron chi connectivity index (χ1n) is 7.95. The molecule has 0 aromatic rings. The van der Waals surface area contributed by atoms with Crippen LogP contribution in [0.3, 0.4) is 0 Å². The SMILES string of the molecule is CN1C(=O)C(CC(=O)NC2CCCC2)=C2CCCCC21. The maximum atomic E-state index is 12.3. The van der Waals surface area contributed by atoms with Gasteiger partial charge in [-0.2, -0.15) is 0 Å². The molecule has 1 N–H and O–H groups in total. The summed E-state index contributed by atoms with van der Waals surface area (Å²) in [6, 6.07) is 0.606. The normalized spacial score (nSPS) is 27.1. The maximum Gasteiger partial charge on any atom is 0.250 e. The lowest BCUT2D eigenvalue weighted by Crippen LogP contribution is -2.34. The predicted octanol–water partition coefficient (Wildman–Crippen LogP) is 2.15. The summed E-state index contributed by atoms with van der Waals surface area (Å²) < 4.78 is 0. The van der Waals surface area contributed by atoms with Gasteiger partial charge in [0.05, 0.1) is 12.5 Å². The molecule has 0 bridgehead atoms. The molecule has 1 unspecified atom stereocenters. The summed E-state index contributed by atoms with van der Waals surface area (Å²) in [7, 11) is 1.88. The molecule has 110 valence electrons. The Hall–Kier alpha value is -1.32. The highest BCUT2D eigenvalue weighted by Gasteiger charge is 2.38. The summed E-state index contributed by atoms with van der Waals surface area (Å²) in [5.41, 5.74) is 2.03. The summed E-state index contributed by atoms with van der Waals surface area (Å²) in [5.74, 6) is 0.112. The van der Waals surface area contributed by atoms with Crippen LogP contribution in [-0.4, -0.2) is 35.8 Å². The Morgan fingerprint density at radius 1 is 1.20 bits per heavy atom. The standard InChI is InChI=1S/C16H24N2O2/c1-18-14-9-5-4-8-12(14)13(16(18)20)10-15(19)17-11-6-2-3-7-11/h11,14H,2-10H2,1H3,(H,17,19). The average Bonchev–Trinajstić information content (AvgIpc) is 3.03. The first kappa shape index (κ1) is 13.7. The number of carbonyl (C=O) groups is 2. The molecular weight excluding hydrogens is 252 g/mol. The maximum absolute atomic E-state index is 12.3. The largest absolute Gasteiger partial charge is 0.353 e. The van der Waals surface area contributed by atoms with E-state index in [2.05, 4.69) is 5.32 Å². The number of carbonyl (C=O) groups excluding carboxylic acids is 2. The van der Waals surface area contributed by atoms with Crippen molar-refractivity contribution >= 4 is 11.8 Å². The van der Waals surface area contributed by atoms with Gasteiger partial charge in [-0.25, -0.2) is 0 Å². The van der Waals surface area contributed by atoms with Gasteiger partial charge in [0.15, 0.2) is 0 Å². The Labute approximate surface area is 120 Å². The second kappa shape index (κ2) is 5.58. The van der Waals surface area contributed by atoms with Crippen molar-refractivity contribution in [3.63, 3.8) is 0 Å². The number of hydrogen-bond acceptors (Lipinski definition) is 2. The van der Waals surface area contributed by atoms with Gasteiger partial charge in [-0.3, -0.25) is 9.59 Å². The van der Waals surface area contributed by atoms with E-state index in [1.807, 2.05) is 11.9 Å². The number of rotatable bonds is 3. The molecule has 1 atom stereocenters. The van der Waals surface area contributed by atoms with Crippen LogP contribution in [0.1, 0.15) is 57.8 Å². The number of likely N-dealkylation sites (N-methyl/N-ethyl adjacent to an activating group) is 1. The van der Waals surface area contributed by atoms with E-state index in [9.17, 15) is 9.59 Å². The topological polar surface area (TPSA) is 49.4 Å². The average molecular weight is 276 g/mol. The summed E-state index contributed by atoms with van der Waals surface area (Å²) in [4.78, 5) is 26.3. The highest BCUT2D eigenvalue weighted by Crippen LogP contribution is 2.36. The molecule has 0 radical (unpaired) electrons. The van der Waals surface area contributed by atoms with Gasteiger partial charge in [0.1, 0.15) is 0 Å². The number of nitrogens with one attached hydrogen (secondary N) is 1. The van der Waals surface area contributed by atoms with Crippen LogP contribution in [-0.2, 0) is 9.59 Å². The highest BCUT2D eigenvalue weighted by atomic mass is 16.2. The number of fused-ring (bicyclic) bond motifs is 1. The molecule has 0 aromatic carbocycles. The second-order valence-electron chi connectivity index (χ2n) is 6.41. The van der Waals surface area contributed by atoms with Crippen molar-refractivity contribution in [2.75, 3.05) is 7.05 Å². The number of hydrogen-bond donors (Lipinski definition) is 1. The van der Waals surface area contributed by atoms with Crippen LogP contribution in [0.2, 0.25) is 0 Å². The van der Waals surface area contributed by atoms with E-state index in [0.717, 1.165) is 37.7 Å². The van der Waals surface area contributed by atoms with E-state index in [0.29, 0.717) is 6.04 Å². The van der Waals surface area contributed by atoms with Crippen molar-refractivity contribution in [2.45, 2.75) is 69.9 Å². The quantitative estimate of drug-likeness (QED) is 0.858. The Morgan fingerprint density at radius 2 is 1.90 bits per heavy atom. The molecule has 0 aromatic heterocycles. The van der Waals surface area contributed by atoms with Crippen LogP contribution in [0.15, 0.2) is 11.1 Å². The molecule has 4 heteroatoms. The monoisotopic (exact) mass is 276 g/mol. The van der Waals surface area contributed by atoms with Gasteiger partial charge < -0.3 is 10.2 Å². The minimum atomic E-state index is 0.0346. The molecule has 3 aliphatic rings. The van der Waals surface area contributed by atoms with Crippen LogP contribution >= 0.6 is 0 Å². The van der Waals surface area contributed by atoms with Crippen LogP contribution in [0.4, 0.5) is 0 Å². The molecular formula is C16H24N2O2. The first-order valence-corrected chi connectivity index (χ1v) is 7.95. The van der Waals surface area contributed by atoms with Crippen molar-refractivity contribution in [1.29, 1.82) is 0 Å². The molecule has 0 saturated heterocycles. The van der Waals surface area contributed by atoms with E-state index < -0.39 is 0 Å². The van der Waals surface area contributed by atoms with Crippen molar-refractivity contribution in [1.82, 2.24) is 10.2 Å². The van der Waals surface area contributed by atoms with E-state index in [4.69, 9.17) is 0 Å². The molecule has 1 heterocycles. The number of nitrogens with zero attached hydrogens (tertiary/aromatic N) is 1. The van der Waals surface area contributed by atoms with Gasteiger partial charge in [0.25, 0.3) is 5.91 Å². The Morgan fingerprint density at radius 3 is 2.65 bits per heavy atom. The third-order valence-corrected chi connectivity index (χ3v) is 5.07. The van der Waals surface area contributed by atoms with E-state index in [1.165, 1.54) is 24.8 Å². The molecule has 2 aliphatic carbocycles. The van der Waals surface area contributed by atoms with Crippen LogP contribution < -0.4 is 5.32 Å². The molecule has 3 rings (SSSR count). The van der Waals surface area contributed by atoms with Crippen LogP contribution in [0, 0.1) is 0 Å². The Bertz CT molecular complexity index is 449. The lowest BCUT2D eigenvalue weighted by molar-refractivity contribution is -0.128. The van der Waals surface area contributed by atoms with Crippen molar-refractivity contribution in [3.05, 3.63) is 11.1 Å². The van der Waals surface area contributed by atoms with E-state index >= 15 is 0 Å². The van der Waals surface area contributed by atoms with Gasteiger partial charge in [-0.1, -0.05) is 19.3 Å². The molecule has 2 saturated carbocycles. The Kier molecular flexibility index (Phi) is 3.81. The van der Waals surface area contributed by atoms with Gasteiger partial charge in [-0.05, 0) is 37.7 Å². The molecule has 1 aliphatic heterocycles. The summed E-state index contributed by atoms with van der Waals surface area (Å²) >= 11 is 0. The summed E-state index contributed by atoms with van der Waals surface area (Å²) in [6.07, 6.45) is 9.28. The number of amides is 2.